The van der Waals surface area contributed by atoms with E-state index < -0.39 is 23.5 Å². The number of hydrogen-bond acceptors (Lipinski definition) is 1. The molecule has 2 aromatic rings. The second kappa shape index (κ2) is 8.84. The molecule has 0 aliphatic heterocycles. The summed E-state index contributed by atoms with van der Waals surface area (Å²) in [5, 5.41) is 0. The molecule has 0 heterocycles. The van der Waals surface area contributed by atoms with Crippen LogP contribution in [0.4, 0.5) is 26.3 Å². The Hall–Kier alpha value is -2.28. The molecule has 0 saturated heterocycles. The van der Waals surface area contributed by atoms with Crippen molar-refractivity contribution in [1.29, 1.82) is 0 Å². The predicted octanol–water partition coefficient (Wildman–Crippen LogP) is 7.31. The monoisotopic (exact) mass is 428 g/mol. The Morgan fingerprint density at radius 3 is 1.80 bits per heavy atom. The zero-order chi connectivity index (χ0) is 21.8. The lowest BCUT2D eigenvalue weighted by Crippen LogP contribution is -2.31. The molecule has 0 N–H and O–H groups in total. The van der Waals surface area contributed by atoms with Crippen LogP contribution in [-0.4, -0.2) is 6.61 Å². The molecule has 0 amide bonds. The van der Waals surface area contributed by atoms with Gasteiger partial charge in [-0.1, -0.05) is 42.5 Å². The molecule has 1 nitrogen and oxygen atoms in total. The predicted molar refractivity (Wildman–Crippen MR) is 102 cm³/mol. The van der Waals surface area contributed by atoms with Gasteiger partial charge in [0.05, 0.1) is 24.3 Å². The lowest BCUT2D eigenvalue weighted by atomic mass is 9.75. The molecule has 0 saturated carbocycles. The van der Waals surface area contributed by atoms with Crippen LogP contribution in [0, 0.1) is 0 Å². The van der Waals surface area contributed by atoms with Gasteiger partial charge in [0.15, 0.2) is 0 Å². The molecular formula is C23H22F6O. The van der Waals surface area contributed by atoms with Crippen molar-refractivity contribution < 1.29 is 31.1 Å². The lowest BCUT2D eigenvalue weighted by molar-refractivity contribution is -0.143. The molecule has 162 valence electrons. The highest BCUT2D eigenvalue weighted by atomic mass is 19.4. The van der Waals surface area contributed by atoms with Crippen molar-refractivity contribution in [3.63, 3.8) is 0 Å². The van der Waals surface area contributed by atoms with E-state index in [1.165, 1.54) is 0 Å². The average Bonchev–Trinajstić information content (AvgIpc) is 2.94. The summed E-state index contributed by atoms with van der Waals surface area (Å²) in [4.78, 5) is 0. The summed E-state index contributed by atoms with van der Waals surface area (Å²) in [5.41, 5.74) is -2.07. The molecule has 7 heteroatoms. The second-order valence-corrected chi connectivity index (χ2v) is 7.60. The molecule has 0 spiro atoms. The number of allylic oxidation sites excluding steroid dienone is 2. The van der Waals surface area contributed by atoms with Gasteiger partial charge in [-0.05, 0) is 55.0 Å². The van der Waals surface area contributed by atoms with Crippen LogP contribution in [0.3, 0.4) is 0 Å². The van der Waals surface area contributed by atoms with Gasteiger partial charge in [0.25, 0.3) is 0 Å². The van der Waals surface area contributed by atoms with Gasteiger partial charge in [-0.15, -0.1) is 0 Å². The molecule has 0 bridgehead atoms. The highest BCUT2D eigenvalue weighted by Gasteiger charge is 2.37. The Labute approximate surface area is 171 Å². The molecule has 0 radical (unpaired) electrons. The van der Waals surface area contributed by atoms with Gasteiger partial charge < -0.3 is 4.74 Å². The highest BCUT2D eigenvalue weighted by Crippen LogP contribution is 2.38. The van der Waals surface area contributed by atoms with Crippen molar-refractivity contribution in [3.05, 3.63) is 82.9 Å². The largest absolute Gasteiger partial charge is 0.416 e. The van der Waals surface area contributed by atoms with Gasteiger partial charge in [-0.25, -0.2) is 0 Å². The maximum absolute atomic E-state index is 13.1. The molecule has 1 aliphatic rings. The van der Waals surface area contributed by atoms with Crippen LogP contribution in [0.15, 0.2) is 60.7 Å². The first-order valence-corrected chi connectivity index (χ1v) is 9.67. The zero-order valence-corrected chi connectivity index (χ0v) is 16.2. The summed E-state index contributed by atoms with van der Waals surface area (Å²) >= 11 is 0. The summed E-state index contributed by atoms with van der Waals surface area (Å²) in [7, 11) is 0. The maximum Gasteiger partial charge on any atom is 0.416 e. The van der Waals surface area contributed by atoms with Gasteiger partial charge in [0.1, 0.15) is 0 Å². The minimum Gasteiger partial charge on any atom is -0.376 e. The quantitative estimate of drug-likeness (QED) is 0.358. The third kappa shape index (κ3) is 5.45. The SMILES string of the molecule is FC(F)(F)c1cc(COCC2(c3ccccc3)CCC=CCC2)cc(C(F)(F)F)c1. The molecule has 30 heavy (non-hydrogen) atoms. The molecule has 0 atom stereocenters. The lowest BCUT2D eigenvalue weighted by Gasteiger charge is -2.33. The average molecular weight is 428 g/mol. The van der Waals surface area contributed by atoms with E-state index in [9.17, 15) is 26.3 Å². The molecule has 2 aromatic carbocycles. The van der Waals surface area contributed by atoms with Crippen molar-refractivity contribution in [2.45, 2.75) is 50.1 Å². The van der Waals surface area contributed by atoms with Crippen LogP contribution in [0.1, 0.15) is 47.9 Å². The Morgan fingerprint density at radius 1 is 0.767 bits per heavy atom. The molecule has 3 rings (SSSR count). The van der Waals surface area contributed by atoms with Crippen LogP contribution < -0.4 is 0 Å². The van der Waals surface area contributed by atoms with Crippen molar-refractivity contribution in [2.24, 2.45) is 0 Å². The van der Waals surface area contributed by atoms with Crippen LogP contribution in [-0.2, 0) is 29.1 Å². The number of rotatable bonds is 5. The minimum atomic E-state index is -4.87. The van der Waals surface area contributed by atoms with E-state index in [1.807, 2.05) is 30.3 Å². The summed E-state index contributed by atoms with van der Waals surface area (Å²) in [5.74, 6) is 0. The molecule has 0 unspecified atom stereocenters. The maximum atomic E-state index is 13.1. The van der Waals surface area contributed by atoms with E-state index >= 15 is 0 Å². The van der Waals surface area contributed by atoms with Crippen molar-refractivity contribution in [3.8, 4) is 0 Å². The zero-order valence-electron chi connectivity index (χ0n) is 16.2. The summed E-state index contributed by atoms with van der Waals surface area (Å²) < 4.78 is 84.1. The summed E-state index contributed by atoms with van der Waals surface area (Å²) in [6.07, 6.45) is -2.30. The fourth-order valence-corrected chi connectivity index (χ4v) is 3.85. The fraction of sp³-hybridized carbons (Fsp3) is 0.391. The van der Waals surface area contributed by atoms with E-state index in [0.717, 1.165) is 43.4 Å². The standard InChI is InChI=1S/C23H22F6O/c24-22(25,26)19-12-17(13-20(14-19)23(27,28)29)15-30-16-21(10-6-1-2-7-11-21)18-8-4-3-5-9-18/h1-5,8-9,12-14H,6-7,10-11,15-16H2. The Balaban J connectivity index is 1.81. The summed E-state index contributed by atoms with van der Waals surface area (Å²) in [6.45, 7) is -0.106. The van der Waals surface area contributed by atoms with Gasteiger partial charge in [-0.2, -0.15) is 26.3 Å². The first kappa shape index (κ1) is 22.4. The Kier molecular flexibility index (Phi) is 6.60. The van der Waals surface area contributed by atoms with Crippen molar-refractivity contribution >= 4 is 0 Å². The van der Waals surface area contributed by atoms with Crippen LogP contribution in [0.25, 0.3) is 0 Å². The highest BCUT2D eigenvalue weighted by molar-refractivity contribution is 5.33. The van der Waals surface area contributed by atoms with E-state index in [0.29, 0.717) is 0 Å². The summed E-state index contributed by atoms with van der Waals surface area (Å²) in [6, 6.07) is 11.3. The first-order chi connectivity index (χ1) is 14.1. The number of ether oxygens (including phenoxy) is 1. The number of alkyl halides is 6. The third-order valence-corrected chi connectivity index (χ3v) is 5.43. The molecule has 0 aromatic heterocycles. The topological polar surface area (TPSA) is 9.23 Å². The molecular weight excluding hydrogens is 406 g/mol. The van der Waals surface area contributed by atoms with Crippen LogP contribution >= 0.6 is 0 Å². The fourth-order valence-electron chi connectivity index (χ4n) is 3.85. The number of halogens is 6. The Morgan fingerprint density at radius 2 is 1.30 bits per heavy atom. The first-order valence-electron chi connectivity index (χ1n) is 9.67. The number of benzene rings is 2. The number of hydrogen-bond donors (Lipinski definition) is 0. The Bertz CT molecular complexity index is 825. The van der Waals surface area contributed by atoms with Crippen molar-refractivity contribution in [2.75, 3.05) is 6.61 Å². The normalized spacial score (nSPS) is 17.0. The van der Waals surface area contributed by atoms with E-state index in [2.05, 4.69) is 12.2 Å². The molecule has 0 fully saturated rings. The third-order valence-electron chi connectivity index (χ3n) is 5.43. The smallest absolute Gasteiger partial charge is 0.376 e. The second-order valence-electron chi connectivity index (χ2n) is 7.60. The van der Waals surface area contributed by atoms with Crippen LogP contribution in [0.2, 0.25) is 0 Å². The van der Waals surface area contributed by atoms with Crippen LogP contribution in [0.5, 0.6) is 0 Å². The van der Waals surface area contributed by atoms with E-state index in [-0.39, 0.29) is 30.3 Å². The van der Waals surface area contributed by atoms with Gasteiger partial charge in [0, 0.05) is 5.41 Å². The van der Waals surface area contributed by atoms with Gasteiger partial charge >= 0.3 is 12.4 Å². The minimum absolute atomic E-state index is 0.131. The van der Waals surface area contributed by atoms with Gasteiger partial charge in [-0.3, -0.25) is 0 Å². The van der Waals surface area contributed by atoms with Crippen molar-refractivity contribution in [1.82, 2.24) is 0 Å². The molecule has 1 aliphatic carbocycles. The van der Waals surface area contributed by atoms with E-state index in [4.69, 9.17) is 4.74 Å². The van der Waals surface area contributed by atoms with Gasteiger partial charge in [0.2, 0.25) is 0 Å². The van der Waals surface area contributed by atoms with E-state index in [1.54, 1.807) is 0 Å².